The van der Waals surface area contributed by atoms with Crippen LogP contribution in [0.5, 0.6) is 11.5 Å². The van der Waals surface area contributed by atoms with Crippen molar-refractivity contribution in [1.82, 2.24) is 9.78 Å². The Kier molecular flexibility index (Phi) is 7.38. The molecule has 1 unspecified atom stereocenters. The first kappa shape index (κ1) is 28.3. The van der Waals surface area contributed by atoms with E-state index in [0.29, 0.717) is 45.2 Å². The highest BCUT2D eigenvalue weighted by molar-refractivity contribution is 6.15. The van der Waals surface area contributed by atoms with Crippen molar-refractivity contribution in [2.24, 2.45) is 4.99 Å². The third kappa shape index (κ3) is 5.64. The Morgan fingerprint density at radius 1 is 1.05 bits per heavy atom. The first-order valence-electron chi connectivity index (χ1n) is 13.3. The third-order valence-corrected chi connectivity index (χ3v) is 6.83. The van der Waals surface area contributed by atoms with Crippen LogP contribution < -0.4 is 15.4 Å². The normalized spacial score (nSPS) is 14.5. The Labute approximate surface area is 243 Å². The van der Waals surface area contributed by atoms with Crippen LogP contribution in [0.2, 0.25) is 0 Å². The molecule has 0 aliphatic carbocycles. The minimum Gasteiger partial charge on any atom is -0.504 e. The lowest BCUT2D eigenvalue weighted by Crippen LogP contribution is -2.29. The van der Waals surface area contributed by atoms with E-state index in [1.807, 2.05) is 27.7 Å². The van der Waals surface area contributed by atoms with Crippen molar-refractivity contribution in [2.45, 2.75) is 39.2 Å². The minimum atomic E-state index is -0.709. The van der Waals surface area contributed by atoms with Crippen molar-refractivity contribution in [1.29, 1.82) is 0 Å². The molecule has 3 N–H and O–H groups in total. The van der Waals surface area contributed by atoms with Crippen LogP contribution in [0.3, 0.4) is 0 Å². The Bertz CT molecular complexity index is 1730. The molecular weight excluding hydrogens is 534 g/mol. The van der Waals surface area contributed by atoms with Gasteiger partial charge in [-0.2, -0.15) is 5.10 Å². The SMILES string of the molecule is COc1ccc(N=CC2C(=O)Nc3ccc(C(=O)c4ccc(NC(=O)c5cc(C)nn5C(C)(C)C)cc4)cc32)cc1O. The Hall–Kier alpha value is -5.25. The van der Waals surface area contributed by atoms with Crippen molar-refractivity contribution in [3.63, 3.8) is 0 Å². The van der Waals surface area contributed by atoms with Gasteiger partial charge in [-0.15, -0.1) is 0 Å². The van der Waals surface area contributed by atoms with Gasteiger partial charge in [0.1, 0.15) is 11.6 Å². The first-order valence-corrected chi connectivity index (χ1v) is 13.3. The molecule has 0 spiro atoms. The number of carbonyl (C=O) groups excluding carboxylic acids is 3. The largest absolute Gasteiger partial charge is 0.504 e. The maximum atomic E-state index is 13.3. The molecule has 0 saturated carbocycles. The number of aromatic nitrogens is 2. The number of aliphatic imine (C=N–C) groups is 1. The molecule has 0 fully saturated rings. The van der Waals surface area contributed by atoms with Gasteiger partial charge in [0.25, 0.3) is 5.91 Å². The van der Waals surface area contributed by atoms with Crippen LogP contribution in [0, 0.1) is 6.92 Å². The van der Waals surface area contributed by atoms with Crippen LogP contribution >= 0.6 is 0 Å². The van der Waals surface area contributed by atoms with Crippen LogP contribution in [0.4, 0.5) is 17.1 Å². The summed E-state index contributed by atoms with van der Waals surface area (Å²) >= 11 is 0. The third-order valence-electron chi connectivity index (χ3n) is 6.83. The number of amides is 2. The van der Waals surface area contributed by atoms with E-state index < -0.39 is 5.92 Å². The van der Waals surface area contributed by atoms with Crippen molar-refractivity contribution >= 4 is 40.9 Å². The fourth-order valence-electron chi connectivity index (χ4n) is 4.73. The van der Waals surface area contributed by atoms with Gasteiger partial charge in [0.05, 0.1) is 24.0 Å². The fraction of sp³-hybridized carbons (Fsp3) is 0.219. The van der Waals surface area contributed by atoms with Crippen molar-refractivity contribution in [3.8, 4) is 11.5 Å². The number of aromatic hydroxyl groups is 1. The number of hydrogen-bond donors (Lipinski definition) is 3. The predicted molar refractivity (Wildman–Crippen MR) is 160 cm³/mol. The maximum absolute atomic E-state index is 13.3. The molecule has 42 heavy (non-hydrogen) atoms. The number of benzene rings is 3. The highest BCUT2D eigenvalue weighted by atomic mass is 16.5. The highest BCUT2D eigenvalue weighted by Gasteiger charge is 2.30. The molecule has 1 aromatic heterocycles. The molecule has 2 amide bonds. The summed E-state index contributed by atoms with van der Waals surface area (Å²) in [6, 6.07) is 18.1. The number of nitrogens with zero attached hydrogens (tertiary/aromatic N) is 3. The number of nitrogens with one attached hydrogen (secondary N) is 2. The lowest BCUT2D eigenvalue weighted by atomic mass is 9.96. The molecule has 5 rings (SSSR count). The first-order chi connectivity index (χ1) is 19.9. The van der Waals surface area contributed by atoms with Gasteiger partial charge in [0.2, 0.25) is 5.91 Å². The van der Waals surface area contributed by atoms with Crippen LogP contribution in [0.25, 0.3) is 0 Å². The van der Waals surface area contributed by atoms with Gasteiger partial charge in [-0.05, 0) is 93.9 Å². The van der Waals surface area contributed by atoms with Gasteiger partial charge in [0, 0.05) is 34.8 Å². The van der Waals surface area contributed by atoms with E-state index >= 15 is 0 Å². The number of ketones is 1. The topological polar surface area (TPSA) is 135 Å². The molecule has 4 aromatic rings. The summed E-state index contributed by atoms with van der Waals surface area (Å²) < 4.78 is 6.75. The summed E-state index contributed by atoms with van der Waals surface area (Å²) in [5, 5.41) is 20.2. The van der Waals surface area contributed by atoms with Crippen molar-refractivity contribution in [3.05, 3.63) is 94.8 Å². The van der Waals surface area contributed by atoms with Gasteiger partial charge in [0.15, 0.2) is 17.3 Å². The number of anilines is 2. The van der Waals surface area contributed by atoms with E-state index in [0.717, 1.165) is 5.69 Å². The molecule has 3 aromatic carbocycles. The molecule has 0 saturated heterocycles. The molecule has 1 aliphatic heterocycles. The van der Waals surface area contributed by atoms with E-state index in [1.54, 1.807) is 65.3 Å². The number of phenols is 1. The molecule has 1 atom stereocenters. The molecule has 214 valence electrons. The Balaban J connectivity index is 1.32. The molecule has 10 nitrogen and oxygen atoms in total. The summed E-state index contributed by atoms with van der Waals surface area (Å²) in [6.45, 7) is 7.77. The van der Waals surface area contributed by atoms with Crippen LogP contribution in [-0.2, 0) is 10.3 Å². The zero-order chi connectivity index (χ0) is 30.2. The van der Waals surface area contributed by atoms with E-state index in [9.17, 15) is 19.5 Å². The molecular formula is C32H31N5O5. The zero-order valence-electron chi connectivity index (χ0n) is 23.9. The van der Waals surface area contributed by atoms with E-state index in [1.165, 1.54) is 19.4 Å². The van der Waals surface area contributed by atoms with Gasteiger partial charge >= 0.3 is 0 Å². The maximum Gasteiger partial charge on any atom is 0.273 e. The van der Waals surface area contributed by atoms with Crippen LogP contribution in [-0.4, -0.2) is 45.8 Å². The second kappa shape index (κ2) is 11.0. The van der Waals surface area contributed by atoms with Gasteiger partial charge in [-0.25, -0.2) is 0 Å². The number of aryl methyl sites for hydroxylation is 1. The number of methoxy groups -OCH3 is 1. The molecule has 0 bridgehead atoms. The van der Waals surface area contributed by atoms with Crippen LogP contribution in [0.15, 0.2) is 71.7 Å². The summed E-state index contributed by atoms with van der Waals surface area (Å²) in [5.74, 6) is -1.24. The van der Waals surface area contributed by atoms with Gasteiger partial charge in [-0.1, -0.05) is 0 Å². The van der Waals surface area contributed by atoms with E-state index in [-0.39, 0.29) is 28.9 Å². The Morgan fingerprint density at radius 3 is 2.43 bits per heavy atom. The molecule has 2 heterocycles. The predicted octanol–water partition coefficient (Wildman–Crippen LogP) is 5.58. The smallest absolute Gasteiger partial charge is 0.273 e. The standard InChI is InChI=1S/C32H31N5O5/c1-18-14-26(37(36-18)32(2,3)4)31(41)34-21-9-6-19(7-10-21)29(39)20-8-12-25-23(15-20)24(30(40)35-25)17-33-22-11-13-28(42-5)27(38)16-22/h6-17,24,38H,1-5H3,(H,34,41)(H,35,40). The lowest BCUT2D eigenvalue weighted by Gasteiger charge is -2.22. The van der Waals surface area contributed by atoms with E-state index in [4.69, 9.17) is 4.74 Å². The number of carbonyl (C=O) groups is 3. The monoisotopic (exact) mass is 565 g/mol. The van der Waals surface area contributed by atoms with Gasteiger partial charge < -0.3 is 20.5 Å². The summed E-state index contributed by atoms with van der Waals surface area (Å²) in [5.41, 5.74) is 3.89. The minimum absolute atomic E-state index is 0.0616. The average molecular weight is 566 g/mol. The number of phenolic OH excluding ortho intramolecular Hbond substituents is 1. The number of rotatable bonds is 7. The zero-order valence-corrected chi connectivity index (χ0v) is 23.9. The fourth-order valence-corrected chi connectivity index (χ4v) is 4.73. The number of fused-ring (bicyclic) bond motifs is 1. The van der Waals surface area contributed by atoms with E-state index in [2.05, 4.69) is 20.7 Å². The summed E-state index contributed by atoms with van der Waals surface area (Å²) in [7, 11) is 1.45. The molecule has 1 aliphatic rings. The quantitative estimate of drug-likeness (QED) is 0.198. The van der Waals surface area contributed by atoms with Crippen LogP contribution in [0.1, 0.15) is 64.4 Å². The van der Waals surface area contributed by atoms with Crippen molar-refractivity contribution in [2.75, 3.05) is 17.7 Å². The average Bonchev–Trinajstić information content (AvgIpc) is 3.50. The second-order valence-corrected chi connectivity index (χ2v) is 11.0. The van der Waals surface area contributed by atoms with Gasteiger partial charge in [-0.3, -0.25) is 24.1 Å². The molecule has 0 radical (unpaired) electrons. The number of ether oxygens (including phenoxy) is 1. The summed E-state index contributed by atoms with van der Waals surface area (Å²) in [4.78, 5) is 43.4. The Morgan fingerprint density at radius 2 is 1.76 bits per heavy atom. The molecule has 10 heteroatoms. The number of hydrogen-bond acceptors (Lipinski definition) is 7. The second-order valence-electron chi connectivity index (χ2n) is 11.0. The lowest BCUT2D eigenvalue weighted by molar-refractivity contribution is -0.115. The highest BCUT2D eigenvalue weighted by Crippen LogP contribution is 2.34. The summed E-state index contributed by atoms with van der Waals surface area (Å²) in [6.07, 6.45) is 1.49. The van der Waals surface area contributed by atoms with Crippen molar-refractivity contribution < 1.29 is 24.2 Å².